The molecule has 0 N–H and O–H groups in total. The number of benzene rings is 2. The average molecular weight is 505 g/mol. The van der Waals surface area contributed by atoms with Crippen LogP contribution in [0.2, 0.25) is 10.0 Å². The molecule has 2 aromatic carbocycles. The fourth-order valence-corrected chi connectivity index (χ4v) is 4.08. The van der Waals surface area contributed by atoms with Crippen molar-refractivity contribution in [2.75, 3.05) is 5.01 Å². The average Bonchev–Trinajstić information content (AvgIpc) is 2.95. The highest BCUT2D eigenvalue weighted by atomic mass is 35.5. The van der Waals surface area contributed by atoms with Gasteiger partial charge in [0, 0.05) is 0 Å². The summed E-state index contributed by atoms with van der Waals surface area (Å²) in [5.74, 6) is -0.756. The Hall–Kier alpha value is -2.42. The van der Waals surface area contributed by atoms with Gasteiger partial charge in [0.1, 0.15) is 25.9 Å². The summed E-state index contributed by atoms with van der Waals surface area (Å²) in [7, 11) is -9.74. The van der Waals surface area contributed by atoms with E-state index in [9.17, 15) is 30.7 Å². The second-order valence-electron chi connectivity index (χ2n) is 6.15. The fourth-order valence-electron chi connectivity index (χ4n) is 2.56. The molecular weight excluding hydrogens is 495 g/mol. The maximum absolute atomic E-state index is 12.7. The lowest BCUT2D eigenvalue weighted by Gasteiger charge is -2.15. The Kier molecular flexibility index (Phi) is 6.19. The van der Waals surface area contributed by atoms with E-state index in [2.05, 4.69) is 15.3 Å². The van der Waals surface area contributed by atoms with Crippen molar-refractivity contribution in [3.8, 4) is 0 Å². The van der Waals surface area contributed by atoms with Crippen LogP contribution in [0.4, 0.5) is 11.4 Å². The first-order valence-electron chi connectivity index (χ1n) is 8.10. The van der Waals surface area contributed by atoms with Crippen molar-refractivity contribution in [2.45, 2.75) is 22.8 Å². The molecule has 1 amide bonds. The van der Waals surface area contributed by atoms with Crippen LogP contribution < -0.4 is 5.01 Å². The van der Waals surface area contributed by atoms with Gasteiger partial charge in [0.05, 0.1) is 31.2 Å². The van der Waals surface area contributed by atoms with Gasteiger partial charge < -0.3 is 9.11 Å². The molecule has 164 valence electrons. The van der Waals surface area contributed by atoms with Crippen LogP contribution in [0.1, 0.15) is 6.92 Å². The lowest BCUT2D eigenvalue weighted by molar-refractivity contribution is -0.117. The molecule has 1 atom stereocenters. The molecule has 0 fully saturated rings. The molecule has 15 heteroatoms. The first-order valence-corrected chi connectivity index (χ1v) is 11.7. The molecule has 0 saturated heterocycles. The van der Waals surface area contributed by atoms with Gasteiger partial charge in [-0.1, -0.05) is 29.3 Å². The van der Waals surface area contributed by atoms with Crippen LogP contribution in [-0.4, -0.2) is 43.6 Å². The first-order chi connectivity index (χ1) is 14.3. The van der Waals surface area contributed by atoms with Crippen molar-refractivity contribution >= 4 is 66.4 Å². The van der Waals surface area contributed by atoms with E-state index >= 15 is 0 Å². The third-order valence-corrected chi connectivity index (χ3v) is 6.42. The lowest BCUT2D eigenvalue weighted by Crippen LogP contribution is -2.29. The highest BCUT2D eigenvalue weighted by Gasteiger charge is 2.35. The normalized spacial score (nSPS) is 17.5. The number of anilines is 1. The second kappa shape index (κ2) is 8.26. The number of halogens is 2. The molecule has 0 bridgehead atoms. The zero-order valence-corrected chi connectivity index (χ0v) is 18.4. The molecule has 1 aliphatic heterocycles. The number of nitrogens with zero attached hydrogens (tertiary/aromatic N) is 4. The van der Waals surface area contributed by atoms with E-state index in [-0.39, 0.29) is 21.4 Å². The number of hydrogen-bond donors (Lipinski definition) is 0. The molecule has 1 heterocycles. The number of amides is 1. The van der Waals surface area contributed by atoms with Crippen LogP contribution in [0.25, 0.3) is 0 Å². The molecule has 0 radical (unpaired) electrons. The van der Waals surface area contributed by atoms with Gasteiger partial charge in [0.15, 0.2) is 6.04 Å². The summed E-state index contributed by atoms with van der Waals surface area (Å²) in [6.45, 7) is 1.43. The maximum Gasteiger partial charge on any atom is 0.280 e. The number of hydrogen-bond acceptors (Lipinski definition) is 10. The Morgan fingerprint density at radius 2 is 1.68 bits per heavy atom. The van der Waals surface area contributed by atoms with Crippen LogP contribution in [-0.2, 0) is 25.0 Å². The number of rotatable bonds is 5. The van der Waals surface area contributed by atoms with Crippen LogP contribution in [0.3, 0.4) is 0 Å². The predicted molar refractivity (Wildman–Crippen MR) is 108 cm³/mol. The van der Waals surface area contributed by atoms with Crippen LogP contribution in [0, 0.1) is 0 Å². The monoisotopic (exact) mass is 504 g/mol. The Morgan fingerprint density at radius 1 is 1.03 bits per heavy atom. The molecule has 2 aromatic rings. The van der Waals surface area contributed by atoms with Crippen molar-refractivity contribution in [3.63, 3.8) is 0 Å². The van der Waals surface area contributed by atoms with Gasteiger partial charge in [0.2, 0.25) is 0 Å². The number of carbonyl (C=O) groups excluding carboxylic acids is 1. The van der Waals surface area contributed by atoms with Gasteiger partial charge in [-0.05, 0) is 37.3 Å². The van der Waals surface area contributed by atoms with Crippen LogP contribution in [0.15, 0.2) is 61.5 Å². The van der Waals surface area contributed by atoms with E-state index < -0.39 is 47.7 Å². The molecule has 0 aliphatic carbocycles. The Morgan fingerprint density at radius 3 is 2.29 bits per heavy atom. The summed E-state index contributed by atoms with van der Waals surface area (Å²) < 4.78 is 68.0. The summed E-state index contributed by atoms with van der Waals surface area (Å²) >= 11 is 11.6. The van der Waals surface area contributed by atoms with Gasteiger partial charge >= 0.3 is 0 Å². The van der Waals surface area contributed by atoms with E-state index in [0.29, 0.717) is 0 Å². The van der Waals surface area contributed by atoms with E-state index in [4.69, 9.17) is 23.2 Å². The molecule has 1 unspecified atom stereocenters. The second-order valence-corrected chi connectivity index (χ2v) is 9.69. The minimum atomic E-state index is -4.98. The van der Waals surface area contributed by atoms with E-state index in [1.807, 2.05) is 0 Å². The SMILES string of the molecule is CC1=NN(c2cccc(S(=O)(=O)[O-])c2)C(=O)C1N=Nc1cc(Cl)c(Cl)cc1S(=O)(=O)[O-]. The molecule has 0 spiro atoms. The van der Waals surface area contributed by atoms with Gasteiger partial charge in [-0.15, -0.1) is 0 Å². The van der Waals surface area contributed by atoms with Crippen molar-refractivity contribution in [1.82, 2.24) is 0 Å². The molecule has 0 saturated carbocycles. The lowest BCUT2D eigenvalue weighted by atomic mass is 10.2. The Labute approximate surface area is 186 Å². The summed E-state index contributed by atoms with van der Waals surface area (Å²) in [5, 5.41) is 12.0. The molecule has 31 heavy (non-hydrogen) atoms. The number of hydrazone groups is 1. The Balaban J connectivity index is 1.96. The van der Waals surface area contributed by atoms with Crippen molar-refractivity contribution in [3.05, 3.63) is 46.4 Å². The topological polar surface area (TPSA) is 172 Å². The third-order valence-electron chi connectivity index (χ3n) is 4.00. The van der Waals surface area contributed by atoms with Gasteiger partial charge in [0.25, 0.3) is 5.91 Å². The predicted octanol–water partition coefficient (Wildman–Crippen LogP) is 2.68. The van der Waals surface area contributed by atoms with Gasteiger partial charge in [-0.2, -0.15) is 20.3 Å². The summed E-state index contributed by atoms with van der Waals surface area (Å²) in [4.78, 5) is 11.4. The minimum Gasteiger partial charge on any atom is -0.744 e. The minimum absolute atomic E-state index is 0.00339. The largest absolute Gasteiger partial charge is 0.744 e. The summed E-state index contributed by atoms with van der Waals surface area (Å²) in [5.41, 5.74) is -0.296. The van der Waals surface area contributed by atoms with E-state index in [1.165, 1.54) is 19.1 Å². The maximum atomic E-state index is 12.7. The number of azo groups is 1. The molecule has 11 nitrogen and oxygen atoms in total. The van der Waals surface area contributed by atoms with Crippen molar-refractivity contribution < 1.29 is 30.7 Å². The van der Waals surface area contributed by atoms with E-state index in [1.54, 1.807) is 0 Å². The smallest absolute Gasteiger partial charge is 0.280 e. The van der Waals surface area contributed by atoms with Crippen molar-refractivity contribution in [2.24, 2.45) is 15.3 Å². The highest BCUT2D eigenvalue weighted by Crippen LogP contribution is 2.34. The van der Waals surface area contributed by atoms with Crippen LogP contribution in [0.5, 0.6) is 0 Å². The molecule has 3 rings (SSSR count). The van der Waals surface area contributed by atoms with Crippen LogP contribution >= 0.6 is 23.2 Å². The quantitative estimate of drug-likeness (QED) is 0.444. The van der Waals surface area contributed by atoms with Gasteiger partial charge in [-0.3, -0.25) is 4.79 Å². The number of carbonyl (C=O) groups is 1. The molecule has 0 aromatic heterocycles. The van der Waals surface area contributed by atoms with E-state index in [0.717, 1.165) is 29.3 Å². The first kappa shape index (κ1) is 23.2. The zero-order valence-electron chi connectivity index (χ0n) is 15.3. The molecular formula is C16H10Cl2N4O7S2-2. The highest BCUT2D eigenvalue weighted by molar-refractivity contribution is 7.86. The fraction of sp³-hybridized carbons (Fsp3) is 0.125. The third kappa shape index (κ3) is 4.92. The summed E-state index contributed by atoms with van der Waals surface area (Å²) in [6, 6.07) is 5.17. The zero-order chi connectivity index (χ0) is 23.1. The molecule has 1 aliphatic rings. The van der Waals surface area contributed by atoms with Gasteiger partial charge in [-0.25, -0.2) is 16.8 Å². The Bertz CT molecular complexity index is 1360. The summed E-state index contributed by atoms with van der Waals surface area (Å²) in [6.07, 6.45) is 0. The van der Waals surface area contributed by atoms with Crippen molar-refractivity contribution in [1.29, 1.82) is 0 Å². The standard InChI is InChI=1S/C16H12Cl2N4O7S2/c1-8-15(20-19-13-6-11(17)12(18)7-14(13)31(27,28)29)16(23)22(21-8)9-3-2-4-10(5-9)30(24,25)26/h2-7,15H,1H3,(H,24,25,26)(H,27,28,29)/p-2.